The van der Waals surface area contributed by atoms with Crippen LogP contribution in [-0.4, -0.2) is 66.2 Å². The van der Waals surface area contributed by atoms with Crippen LogP contribution in [-0.2, 0) is 0 Å². The molecule has 0 aliphatic carbocycles. The van der Waals surface area contributed by atoms with E-state index in [-0.39, 0.29) is 5.56 Å². The molecule has 1 aromatic carbocycles. The van der Waals surface area contributed by atoms with Gasteiger partial charge in [0.15, 0.2) is 0 Å². The minimum atomic E-state index is -0.948. The van der Waals surface area contributed by atoms with Crippen molar-refractivity contribution in [2.75, 3.05) is 39.3 Å². The molecule has 116 valence electrons. The van der Waals surface area contributed by atoms with Gasteiger partial charge in [-0.1, -0.05) is 19.1 Å². The van der Waals surface area contributed by atoms with Crippen LogP contribution in [0.15, 0.2) is 24.3 Å². The van der Waals surface area contributed by atoms with E-state index in [2.05, 4.69) is 23.6 Å². The lowest BCUT2D eigenvalue weighted by Gasteiger charge is -2.39. The standard InChI is InChI=1S/C16H24N2O3/c1-3-18-9-8-17(12-13(18)2)10-11-21-15-7-5-4-6-14(15)16(19)20/h4-7,13H,3,8-12H2,1-2H3,(H,19,20). The van der Waals surface area contributed by atoms with Crippen LogP contribution in [0.4, 0.5) is 0 Å². The van der Waals surface area contributed by atoms with Crippen molar-refractivity contribution in [3.05, 3.63) is 29.8 Å². The lowest BCUT2D eigenvalue weighted by atomic mass is 10.2. The van der Waals surface area contributed by atoms with Gasteiger partial charge in [-0.15, -0.1) is 0 Å². The highest BCUT2D eigenvalue weighted by molar-refractivity contribution is 5.90. The smallest absolute Gasteiger partial charge is 0.339 e. The van der Waals surface area contributed by atoms with E-state index in [0.29, 0.717) is 18.4 Å². The molecule has 1 aliphatic rings. The molecule has 2 rings (SSSR count). The molecular weight excluding hydrogens is 268 g/mol. The van der Waals surface area contributed by atoms with Gasteiger partial charge in [0.1, 0.15) is 17.9 Å². The monoisotopic (exact) mass is 292 g/mol. The molecule has 5 heteroatoms. The van der Waals surface area contributed by atoms with Crippen molar-refractivity contribution in [2.24, 2.45) is 0 Å². The second kappa shape index (κ2) is 7.43. The van der Waals surface area contributed by atoms with Gasteiger partial charge in [-0.25, -0.2) is 4.79 Å². The summed E-state index contributed by atoms with van der Waals surface area (Å²) in [5.74, 6) is -0.499. The number of nitrogens with zero attached hydrogens (tertiary/aromatic N) is 2. The highest BCUT2D eigenvalue weighted by atomic mass is 16.5. The molecule has 0 radical (unpaired) electrons. The van der Waals surface area contributed by atoms with Crippen molar-refractivity contribution in [1.82, 2.24) is 9.80 Å². The number of carbonyl (C=O) groups is 1. The zero-order valence-electron chi connectivity index (χ0n) is 12.8. The van der Waals surface area contributed by atoms with Crippen LogP contribution in [0.1, 0.15) is 24.2 Å². The molecule has 1 fully saturated rings. The van der Waals surface area contributed by atoms with Crippen LogP contribution in [0, 0.1) is 0 Å². The molecule has 0 amide bonds. The Balaban J connectivity index is 1.81. The van der Waals surface area contributed by atoms with Gasteiger partial charge in [0.05, 0.1) is 0 Å². The largest absolute Gasteiger partial charge is 0.491 e. The minimum absolute atomic E-state index is 0.224. The lowest BCUT2D eigenvalue weighted by Crippen LogP contribution is -2.52. The Kier molecular flexibility index (Phi) is 5.59. The number of carboxylic acids is 1. The molecule has 21 heavy (non-hydrogen) atoms. The number of ether oxygens (including phenoxy) is 1. The SMILES string of the molecule is CCN1CCN(CCOc2ccccc2C(=O)O)CC1C. The molecular formula is C16H24N2O3. The predicted molar refractivity (Wildman–Crippen MR) is 82.0 cm³/mol. The van der Waals surface area contributed by atoms with Crippen molar-refractivity contribution in [3.63, 3.8) is 0 Å². The zero-order chi connectivity index (χ0) is 15.2. The normalized spacial score (nSPS) is 20.4. The number of piperazine rings is 1. The summed E-state index contributed by atoms with van der Waals surface area (Å²) in [6.45, 7) is 10.0. The fourth-order valence-electron chi connectivity index (χ4n) is 2.80. The van der Waals surface area contributed by atoms with Crippen molar-refractivity contribution in [2.45, 2.75) is 19.9 Å². The number of likely N-dealkylation sites (N-methyl/N-ethyl adjacent to an activating group) is 1. The fraction of sp³-hybridized carbons (Fsp3) is 0.562. The third kappa shape index (κ3) is 4.19. The first-order valence-electron chi connectivity index (χ1n) is 7.53. The fourth-order valence-corrected chi connectivity index (χ4v) is 2.80. The predicted octanol–water partition coefficient (Wildman–Crippen LogP) is 1.79. The van der Waals surface area contributed by atoms with E-state index in [1.165, 1.54) is 0 Å². The number of hydrogen-bond donors (Lipinski definition) is 1. The van der Waals surface area contributed by atoms with E-state index >= 15 is 0 Å². The number of hydrogen-bond acceptors (Lipinski definition) is 4. The van der Waals surface area contributed by atoms with Gasteiger partial charge in [0, 0.05) is 32.2 Å². The molecule has 5 nitrogen and oxygen atoms in total. The van der Waals surface area contributed by atoms with Crippen molar-refractivity contribution < 1.29 is 14.6 Å². The van der Waals surface area contributed by atoms with Gasteiger partial charge in [0.25, 0.3) is 0 Å². The first-order chi connectivity index (χ1) is 10.1. The lowest BCUT2D eigenvalue weighted by molar-refractivity contribution is 0.0684. The van der Waals surface area contributed by atoms with Crippen molar-refractivity contribution in [1.29, 1.82) is 0 Å². The van der Waals surface area contributed by atoms with Crippen LogP contribution in [0.3, 0.4) is 0 Å². The van der Waals surface area contributed by atoms with Crippen molar-refractivity contribution in [3.8, 4) is 5.75 Å². The molecule has 1 aliphatic heterocycles. The average Bonchev–Trinajstić information content (AvgIpc) is 2.48. The Bertz CT molecular complexity index is 478. The van der Waals surface area contributed by atoms with Crippen LogP contribution >= 0.6 is 0 Å². The number of rotatable bonds is 6. The van der Waals surface area contributed by atoms with E-state index in [1.807, 2.05) is 0 Å². The second-order valence-electron chi connectivity index (χ2n) is 5.43. The summed E-state index contributed by atoms with van der Waals surface area (Å²) in [5, 5.41) is 9.11. The molecule has 1 unspecified atom stereocenters. The molecule has 0 bridgehead atoms. The third-order valence-electron chi connectivity index (χ3n) is 4.04. The van der Waals surface area contributed by atoms with E-state index in [9.17, 15) is 4.79 Å². The van der Waals surface area contributed by atoms with Gasteiger partial charge in [-0.3, -0.25) is 9.80 Å². The van der Waals surface area contributed by atoms with Crippen molar-refractivity contribution >= 4 is 5.97 Å². The molecule has 0 spiro atoms. The molecule has 1 atom stereocenters. The maximum Gasteiger partial charge on any atom is 0.339 e. The number of carboxylic acid groups (broad SMARTS) is 1. The highest BCUT2D eigenvalue weighted by Crippen LogP contribution is 2.18. The number of aromatic carboxylic acids is 1. The summed E-state index contributed by atoms with van der Waals surface area (Å²) in [6, 6.07) is 7.35. The van der Waals surface area contributed by atoms with Crippen LogP contribution in [0.5, 0.6) is 5.75 Å². The minimum Gasteiger partial charge on any atom is -0.491 e. The molecule has 1 aromatic rings. The van der Waals surface area contributed by atoms with E-state index in [0.717, 1.165) is 32.7 Å². The zero-order valence-corrected chi connectivity index (χ0v) is 12.8. The van der Waals surface area contributed by atoms with E-state index in [1.54, 1.807) is 24.3 Å². The topological polar surface area (TPSA) is 53.0 Å². The maximum atomic E-state index is 11.1. The summed E-state index contributed by atoms with van der Waals surface area (Å²) in [4.78, 5) is 15.9. The van der Waals surface area contributed by atoms with Gasteiger partial charge in [-0.05, 0) is 25.6 Å². The summed E-state index contributed by atoms with van der Waals surface area (Å²) in [7, 11) is 0. The first-order valence-corrected chi connectivity index (χ1v) is 7.53. The quantitative estimate of drug-likeness (QED) is 0.866. The Morgan fingerprint density at radius 2 is 2.14 bits per heavy atom. The van der Waals surface area contributed by atoms with E-state index < -0.39 is 5.97 Å². The number of benzene rings is 1. The second-order valence-corrected chi connectivity index (χ2v) is 5.43. The molecule has 1 heterocycles. The van der Waals surface area contributed by atoms with Gasteiger partial charge in [-0.2, -0.15) is 0 Å². The Morgan fingerprint density at radius 1 is 1.38 bits per heavy atom. The highest BCUT2D eigenvalue weighted by Gasteiger charge is 2.22. The summed E-state index contributed by atoms with van der Waals surface area (Å²) in [5.41, 5.74) is 0.224. The third-order valence-corrected chi connectivity index (χ3v) is 4.04. The van der Waals surface area contributed by atoms with Gasteiger partial charge < -0.3 is 9.84 Å². The van der Waals surface area contributed by atoms with Crippen LogP contribution in [0.25, 0.3) is 0 Å². The molecule has 1 saturated heterocycles. The first kappa shape index (κ1) is 15.8. The maximum absolute atomic E-state index is 11.1. The van der Waals surface area contributed by atoms with Gasteiger partial charge in [0.2, 0.25) is 0 Å². The number of para-hydroxylation sites is 1. The molecule has 0 saturated carbocycles. The summed E-state index contributed by atoms with van der Waals surface area (Å²) in [6.07, 6.45) is 0. The van der Waals surface area contributed by atoms with Gasteiger partial charge >= 0.3 is 5.97 Å². The average molecular weight is 292 g/mol. The van der Waals surface area contributed by atoms with E-state index in [4.69, 9.17) is 9.84 Å². The Labute approximate surface area is 126 Å². The van der Waals surface area contributed by atoms with Crippen LogP contribution < -0.4 is 4.74 Å². The summed E-state index contributed by atoms with van der Waals surface area (Å²) < 4.78 is 5.65. The van der Waals surface area contributed by atoms with Crippen LogP contribution in [0.2, 0.25) is 0 Å². The Morgan fingerprint density at radius 3 is 2.81 bits per heavy atom. The molecule has 0 aromatic heterocycles. The Hall–Kier alpha value is -1.59. The summed E-state index contributed by atoms with van der Waals surface area (Å²) >= 11 is 0. The molecule has 1 N–H and O–H groups in total.